The molecule has 38 heavy (non-hydrogen) atoms. The van der Waals surface area contributed by atoms with E-state index >= 15 is 0 Å². The Hall–Kier alpha value is -4.14. The van der Waals surface area contributed by atoms with E-state index in [2.05, 4.69) is 16.0 Å². The minimum Gasteiger partial charge on any atom is -0.481 e. The van der Waals surface area contributed by atoms with E-state index in [9.17, 15) is 29.4 Å². The molecule has 0 saturated heterocycles. The Morgan fingerprint density at radius 3 is 2.24 bits per heavy atom. The molecule has 0 bridgehead atoms. The third kappa shape index (κ3) is 5.14. The maximum atomic E-state index is 13.1. The summed E-state index contributed by atoms with van der Waals surface area (Å²) >= 11 is 0. The number of carbonyl (C=O) groups is 4. The first-order valence-corrected chi connectivity index (χ1v) is 12.6. The van der Waals surface area contributed by atoms with Gasteiger partial charge in [0, 0.05) is 24.2 Å². The number of carboxylic acids is 2. The average molecular weight is 520 g/mol. The van der Waals surface area contributed by atoms with Crippen molar-refractivity contribution in [2.75, 3.05) is 5.32 Å². The van der Waals surface area contributed by atoms with Gasteiger partial charge in [-0.25, -0.2) is 4.79 Å². The smallest absolute Gasteiger partial charge is 0.326 e. The van der Waals surface area contributed by atoms with Crippen LogP contribution in [-0.4, -0.2) is 46.0 Å². The fourth-order valence-electron chi connectivity index (χ4n) is 5.35. The number of anilines is 1. The van der Waals surface area contributed by atoms with Gasteiger partial charge in [-0.3, -0.25) is 14.4 Å². The molecule has 9 heteroatoms. The Balaban J connectivity index is 1.38. The van der Waals surface area contributed by atoms with Gasteiger partial charge in [0.1, 0.15) is 12.1 Å². The highest BCUT2D eigenvalue weighted by Crippen LogP contribution is 2.56. The zero-order valence-electron chi connectivity index (χ0n) is 21.7. The van der Waals surface area contributed by atoms with Gasteiger partial charge < -0.3 is 26.2 Å². The number of hydrogen-bond acceptors (Lipinski definition) is 5. The number of rotatable bonds is 8. The van der Waals surface area contributed by atoms with Crippen LogP contribution in [0.25, 0.3) is 12.3 Å². The minimum absolute atomic E-state index is 0.0440. The summed E-state index contributed by atoms with van der Waals surface area (Å²) in [7, 11) is 0. The van der Waals surface area contributed by atoms with Crippen molar-refractivity contribution in [3.8, 4) is 0 Å². The Morgan fingerprint density at radius 2 is 1.63 bits per heavy atom. The molecule has 1 fully saturated rings. The lowest BCUT2D eigenvalue weighted by Gasteiger charge is -2.38. The van der Waals surface area contributed by atoms with Gasteiger partial charge in [-0.15, -0.1) is 0 Å². The van der Waals surface area contributed by atoms with Gasteiger partial charge in [-0.1, -0.05) is 50.2 Å². The third-order valence-electron chi connectivity index (χ3n) is 8.33. The zero-order chi connectivity index (χ0) is 27.7. The summed E-state index contributed by atoms with van der Waals surface area (Å²) in [5.74, 6) is -3.43. The maximum Gasteiger partial charge on any atom is 0.326 e. The van der Waals surface area contributed by atoms with Gasteiger partial charge in [-0.2, -0.15) is 0 Å². The first kappa shape index (κ1) is 26.9. The molecule has 1 aliphatic carbocycles. The van der Waals surface area contributed by atoms with E-state index in [0.717, 1.165) is 10.4 Å². The summed E-state index contributed by atoms with van der Waals surface area (Å²) in [6.45, 7) is 5.13. The van der Waals surface area contributed by atoms with Gasteiger partial charge in [0.05, 0.1) is 5.41 Å². The number of carboxylic acid groups (broad SMARTS) is 2. The molecular formula is C29H33N3O6. The number of aliphatic carboxylic acids is 2. The molecule has 200 valence electrons. The van der Waals surface area contributed by atoms with Crippen LogP contribution in [0.2, 0.25) is 0 Å². The number of amides is 2. The number of fused-ring (bicyclic) bond motifs is 1. The van der Waals surface area contributed by atoms with E-state index in [0.29, 0.717) is 24.1 Å². The number of carbonyl (C=O) groups excluding carboxylic acids is 2. The van der Waals surface area contributed by atoms with Gasteiger partial charge in [0.25, 0.3) is 5.91 Å². The van der Waals surface area contributed by atoms with Crippen LogP contribution in [-0.2, 0) is 25.6 Å². The first-order chi connectivity index (χ1) is 17.9. The minimum atomic E-state index is -1.18. The van der Waals surface area contributed by atoms with E-state index in [1.165, 1.54) is 0 Å². The average Bonchev–Trinajstić information content (AvgIpc) is 3.13. The lowest BCUT2D eigenvalue weighted by Crippen LogP contribution is -2.49. The molecule has 1 saturated carbocycles. The summed E-state index contributed by atoms with van der Waals surface area (Å²) in [5.41, 5.74) is -0.679. The van der Waals surface area contributed by atoms with Crippen molar-refractivity contribution in [3.05, 3.63) is 64.5 Å². The highest BCUT2D eigenvalue weighted by Gasteiger charge is 2.58. The molecular weight excluding hydrogens is 486 g/mol. The molecule has 2 amide bonds. The van der Waals surface area contributed by atoms with Crippen LogP contribution < -0.4 is 26.4 Å². The van der Waals surface area contributed by atoms with E-state index in [4.69, 9.17) is 0 Å². The molecule has 4 rings (SSSR count). The topological polar surface area (TPSA) is 145 Å². The predicted molar refractivity (Wildman–Crippen MR) is 142 cm³/mol. The molecule has 3 unspecified atom stereocenters. The second-order valence-electron chi connectivity index (χ2n) is 10.8. The van der Waals surface area contributed by atoms with Crippen LogP contribution in [0.4, 0.5) is 5.69 Å². The van der Waals surface area contributed by atoms with Crippen molar-refractivity contribution in [2.24, 2.45) is 16.7 Å². The predicted octanol–water partition coefficient (Wildman–Crippen LogP) is 1.45. The van der Waals surface area contributed by atoms with Crippen LogP contribution in [0.1, 0.15) is 39.2 Å². The van der Waals surface area contributed by atoms with Crippen molar-refractivity contribution in [1.82, 2.24) is 10.6 Å². The van der Waals surface area contributed by atoms with Crippen molar-refractivity contribution in [1.29, 1.82) is 0 Å². The summed E-state index contributed by atoms with van der Waals surface area (Å²) in [4.78, 5) is 49.6. The molecule has 0 spiro atoms. The van der Waals surface area contributed by atoms with E-state index in [1.807, 2.05) is 30.3 Å². The van der Waals surface area contributed by atoms with Gasteiger partial charge in [-0.05, 0) is 59.4 Å². The Labute approximate surface area is 220 Å². The summed E-state index contributed by atoms with van der Waals surface area (Å²) in [6, 6.07) is 12.8. The number of benzene rings is 2. The highest BCUT2D eigenvalue weighted by atomic mass is 16.4. The molecule has 2 aromatic carbocycles. The maximum absolute atomic E-state index is 13.1. The molecule has 2 aliphatic rings. The van der Waals surface area contributed by atoms with Gasteiger partial charge in [0.15, 0.2) is 0 Å². The molecule has 4 atom stereocenters. The molecule has 9 nitrogen and oxygen atoms in total. The number of hydrogen-bond donors (Lipinski definition) is 5. The normalized spacial score (nSPS) is 24.0. The van der Waals surface area contributed by atoms with Crippen LogP contribution in [0.5, 0.6) is 0 Å². The monoisotopic (exact) mass is 519 g/mol. The van der Waals surface area contributed by atoms with Crippen molar-refractivity contribution >= 4 is 41.7 Å². The molecule has 0 radical (unpaired) electrons. The molecule has 5 N–H and O–H groups in total. The summed E-state index contributed by atoms with van der Waals surface area (Å²) in [6.07, 6.45) is 4.42. The van der Waals surface area contributed by atoms with E-state index in [-0.39, 0.29) is 12.3 Å². The number of nitrogens with one attached hydrogen (secondary N) is 3. The first-order valence-electron chi connectivity index (χ1n) is 12.6. The van der Waals surface area contributed by atoms with Crippen LogP contribution >= 0.6 is 0 Å². The summed E-state index contributed by atoms with van der Waals surface area (Å²) < 4.78 is 0. The van der Waals surface area contributed by atoms with Crippen molar-refractivity contribution in [2.45, 2.75) is 52.1 Å². The van der Waals surface area contributed by atoms with E-state index < -0.39 is 46.7 Å². The largest absolute Gasteiger partial charge is 0.481 e. The Kier molecular flexibility index (Phi) is 7.31. The second-order valence-corrected chi connectivity index (χ2v) is 10.8. The van der Waals surface area contributed by atoms with Crippen LogP contribution in [0, 0.1) is 16.7 Å². The fraction of sp³-hybridized carbons (Fsp3) is 0.379. The fourth-order valence-corrected chi connectivity index (χ4v) is 5.35. The lowest BCUT2D eigenvalue weighted by molar-refractivity contribution is -0.155. The SMILES string of the molecule is CC1(C(=O)O)CCC(C(=O)N[C@@H](Cc2ccc(NC(=O)C3C=c4ccccc4=CN3)cc2)C(=O)O)C1(C)C. The van der Waals surface area contributed by atoms with Crippen molar-refractivity contribution in [3.63, 3.8) is 0 Å². The highest BCUT2D eigenvalue weighted by molar-refractivity contribution is 5.99. The van der Waals surface area contributed by atoms with Crippen molar-refractivity contribution < 1.29 is 29.4 Å². The Bertz CT molecular complexity index is 1380. The molecule has 2 aromatic rings. The van der Waals surface area contributed by atoms with Crippen LogP contribution in [0.3, 0.4) is 0 Å². The standard InChI is InChI=1S/C29H33N3O6/c1-28(2)21(12-13-29(28,3)27(37)38)24(33)32-23(26(35)36)14-17-8-10-20(11-9-17)31-25(34)22-15-18-6-4-5-7-19(18)16-30-22/h4-11,15-16,21-23,30H,12-14H2,1-3H3,(H,31,34)(H,32,33)(H,35,36)(H,37,38)/t21?,22?,23-,29?/m0/s1. The Morgan fingerprint density at radius 1 is 0.974 bits per heavy atom. The second kappa shape index (κ2) is 10.3. The zero-order valence-corrected chi connectivity index (χ0v) is 21.7. The third-order valence-corrected chi connectivity index (χ3v) is 8.33. The van der Waals surface area contributed by atoms with Crippen LogP contribution in [0.15, 0.2) is 48.5 Å². The molecule has 1 heterocycles. The quantitative estimate of drug-likeness (QED) is 0.355. The molecule has 1 aliphatic heterocycles. The van der Waals surface area contributed by atoms with Gasteiger partial charge >= 0.3 is 11.9 Å². The van der Waals surface area contributed by atoms with Gasteiger partial charge in [0.2, 0.25) is 5.91 Å². The van der Waals surface area contributed by atoms with E-state index in [1.54, 1.807) is 51.2 Å². The summed E-state index contributed by atoms with van der Waals surface area (Å²) in [5, 5.41) is 30.0. The molecule has 0 aromatic heterocycles. The lowest BCUT2D eigenvalue weighted by atomic mass is 9.65.